The third-order valence-electron chi connectivity index (χ3n) is 7.75. The minimum Gasteiger partial charge on any atom is -0.497 e. The van der Waals surface area contributed by atoms with E-state index in [4.69, 9.17) is 16.3 Å². The Kier molecular flexibility index (Phi) is 8.34. The number of carbonyl (C=O) groups is 2. The van der Waals surface area contributed by atoms with Crippen molar-refractivity contribution in [3.05, 3.63) is 127 Å². The van der Waals surface area contributed by atoms with Gasteiger partial charge >= 0.3 is 5.69 Å². The van der Waals surface area contributed by atoms with Crippen molar-refractivity contribution < 1.29 is 18.7 Å². The van der Waals surface area contributed by atoms with Crippen LogP contribution in [0.2, 0.25) is 5.02 Å². The Labute approximate surface area is 270 Å². The first-order valence-electron chi connectivity index (χ1n) is 14.0. The van der Waals surface area contributed by atoms with Crippen LogP contribution in [0.4, 0.5) is 4.39 Å². The molecule has 13 heteroatoms. The number of benzene rings is 3. The van der Waals surface area contributed by atoms with Gasteiger partial charge in [-0.3, -0.25) is 18.7 Å². The van der Waals surface area contributed by atoms with Crippen LogP contribution in [0, 0.1) is 5.82 Å². The topological polar surface area (TPSA) is 103 Å². The van der Waals surface area contributed by atoms with Gasteiger partial charge in [-0.1, -0.05) is 17.7 Å². The molecule has 0 fully saturated rings. The van der Waals surface area contributed by atoms with E-state index in [1.165, 1.54) is 22.3 Å². The first-order chi connectivity index (χ1) is 21.7. The molecule has 1 unspecified atom stereocenters. The number of aromatic nitrogens is 4. The number of fused-ring (bicyclic) bond motifs is 1. The molecule has 0 saturated heterocycles. The van der Waals surface area contributed by atoms with Crippen LogP contribution in [0.5, 0.6) is 5.75 Å². The largest absolute Gasteiger partial charge is 0.497 e. The maximum Gasteiger partial charge on any atom is 0.333 e. The molecule has 0 spiro atoms. The van der Waals surface area contributed by atoms with E-state index >= 15 is 0 Å². The monoisotopic (exact) mass is 692 g/mol. The molecule has 230 valence electrons. The summed E-state index contributed by atoms with van der Waals surface area (Å²) >= 11 is 9.59. The number of carbonyl (C=O) groups excluding carboxylic acids is 2. The minimum absolute atomic E-state index is 0.00580. The third kappa shape index (κ3) is 5.78. The summed E-state index contributed by atoms with van der Waals surface area (Å²) in [6, 6.07) is 17.4. The highest BCUT2D eigenvalue weighted by molar-refractivity contribution is 9.10. The number of hydrogen-bond donors (Lipinski definition) is 1. The summed E-state index contributed by atoms with van der Waals surface area (Å²) in [6.45, 7) is 2.07. The molecule has 0 radical (unpaired) electrons. The predicted molar refractivity (Wildman–Crippen MR) is 170 cm³/mol. The smallest absolute Gasteiger partial charge is 0.333 e. The second-order valence-electron chi connectivity index (χ2n) is 10.5. The van der Waals surface area contributed by atoms with E-state index in [9.17, 15) is 18.8 Å². The Morgan fingerprint density at radius 3 is 2.49 bits per heavy atom. The van der Waals surface area contributed by atoms with Crippen LogP contribution >= 0.6 is 27.5 Å². The zero-order valence-electron chi connectivity index (χ0n) is 24.2. The summed E-state index contributed by atoms with van der Waals surface area (Å²) < 4.78 is 25.2. The molecule has 1 atom stereocenters. The van der Waals surface area contributed by atoms with Crippen LogP contribution in [0.15, 0.2) is 88.4 Å². The molecule has 10 nitrogen and oxygen atoms in total. The molecule has 2 aromatic heterocycles. The highest BCUT2D eigenvalue weighted by atomic mass is 79.9. The fourth-order valence-corrected chi connectivity index (χ4v) is 5.85. The number of nitrogens with one attached hydrogen (secondary N) is 1. The Morgan fingerprint density at radius 1 is 1.07 bits per heavy atom. The van der Waals surface area contributed by atoms with Crippen molar-refractivity contribution in [1.29, 1.82) is 0 Å². The van der Waals surface area contributed by atoms with Crippen molar-refractivity contribution in [3.63, 3.8) is 0 Å². The number of rotatable bonds is 7. The fraction of sp³-hybridized carbons (Fsp3) is 0.188. The molecule has 5 aromatic rings. The van der Waals surface area contributed by atoms with E-state index in [0.29, 0.717) is 32.2 Å². The number of nitrogens with zero attached hydrogens (tertiary/aromatic N) is 5. The zero-order valence-corrected chi connectivity index (χ0v) is 26.5. The summed E-state index contributed by atoms with van der Waals surface area (Å²) in [6.07, 6.45) is 3.45. The lowest BCUT2D eigenvalue weighted by atomic mass is 10.1. The maximum absolute atomic E-state index is 14.9. The second-order valence-corrected chi connectivity index (χ2v) is 11.7. The molecule has 3 heterocycles. The van der Waals surface area contributed by atoms with Crippen LogP contribution in [0.25, 0.3) is 11.4 Å². The molecule has 6 rings (SSSR count). The first kappa shape index (κ1) is 30.4. The highest BCUT2D eigenvalue weighted by Crippen LogP contribution is 2.27. The van der Waals surface area contributed by atoms with Crippen molar-refractivity contribution in [3.8, 4) is 17.1 Å². The second kappa shape index (κ2) is 12.4. The molecular formula is C32H27BrClFN6O4. The van der Waals surface area contributed by atoms with Gasteiger partial charge < -0.3 is 15.0 Å². The molecule has 0 bridgehead atoms. The quantitative estimate of drug-likeness (QED) is 0.242. The van der Waals surface area contributed by atoms with E-state index in [1.54, 1.807) is 89.6 Å². The van der Waals surface area contributed by atoms with E-state index in [1.807, 2.05) is 0 Å². The van der Waals surface area contributed by atoms with Gasteiger partial charge in [0, 0.05) is 47.1 Å². The van der Waals surface area contributed by atoms with E-state index in [-0.39, 0.29) is 36.8 Å². The molecular weight excluding hydrogens is 667 g/mol. The van der Waals surface area contributed by atoms with Gasteiger partial charge in [-0.05, 0) is 77.5 Å². The number of methoxy groups -OCH3 is 1. The molecule has 3 aromatic carbocycles. The SMILES string of the molecule is COc1ccc(C(C)NC(=O)c2c3n(c(=O)n2-c2ccc(-n4cccn4)cc2)CCN(C(=O)c2ccc(Br)c(Cl)c2)C3)c(F)c1. The van der Waals surface area contributed by atoms with Gasteiger partial charge in [0.1, 0.15) is 17.3 Å². The number of ether oxygens (including phenoxy) is 1. The van der Waals surface area contributed by atoms with Gasteiger partial charge in [0.25, 0.3) is 11.8 Å². The Hall–Kier alpha value is -4.68. The number of hydrogen-bond acceptors (Lipinski definition) is 5. The van der Waals surface area contributed by atoms with Crippen molar-refractivity contribution in [2.75, 3.05) is 13.7 Å². The van der Waals surface area contributed by atoms with E-state index in [0.717, 1.165) is 5.69 Å². The minimum atomic E-state index is -0.754. The van der Waals surface area contributed by atoms with Crippen LogP contribution in [0.1, 0.15) is 45.1 Å². The molecule has 1 N–H and O–H groups in total. The summed E-state index contributed by atoms with van der Waals surface area (Å²) in [5.41, 5.74) is 1.83. The van der Waals surface area contributed by atoms with Crippen LogP contribution < -0.4 is 15.7 Å². The summed E-state index contributed by atoms with van der Waals surface area (Å²) in [7, 11) is 1.44. The molecule has 0 aliphatic carbocycles. The number of halogens is 3. The highest BCUT2D eigenvalue weighted by Gasteiger charge is 2.33. The molecule has 1 aliphatic heterocycles. The third-order valence-corrected chi connectivity index (χ3v) is 8.98. The standard InChI is InChI=1S/C32H27BrClFN6O4/c1-19(24-10-9-23(45-2)17-27(24)35)37-30(42)29-28-18-38(31(43)20-4-11-25(33)26(34)16-20)14-15-39(28)32(44)41(29)22-7-5-21(6-8-22)40-13-3-12-36-40/h3-13,16-17,19H,14-15,18H2,1-2H3,(H,37,42). The van der Waals surface area contributed by atoms with Gasteiger partial charge in [-0.2, -0.15) is 5.10 Å². The van der Waals surface area contributed by atoms with Crippen LogP contribution in [-0.2, 0) is 13.1 Å². The van der Waals surface area contributed by atoms with Crippen molar-refractivity contribution >= 4 is 39.3 Å². The first-order valence-corrected chi connectivity index (χ1v) is 15.2. The lowest BCUT2D eigenvalue weighted by molar-refractivity contribution is 0.0706. The fourth-order valence-electron chi connectivity index (χ4n) is 5.42. The Balaban J connectivity index is 1.40. The summed E-state index contributed by atoms with van der Waals surface area (Å²) in [5, 5.41) is 7.48. The van der Waals surface area contributed by atoms with Crippen LogP contribution in [0.3, 0.4) is 0 Å². The van der Waals surface area contributed by atoms with Gasteiger partial charge in [-0.15, -0.1) is 0 Å². The van der Waals surface area contributed by atoms with Crippen molar-refractivity contribution in [2.24, 2.45) is 0 Å². The van der Waals surface area contributed by atoms with Gasteiger partial charge in [0.05, 0.1) is 41.8 Å². The van der Waals surface area contributed by atoms with E-state index in [2.05, 4.69) is 26.3 Å². The Bertz CT molecular complexity index is 1970. The Morgan fingerprint density at radius 2 is 1.82 bits per heavy atom. The zero-order chi connectivity index (χ0) is 31.8. The summed E-state index contributed by atoms with van der Waals surface area (Å²) in [4.78, 5) is 43.0. The average Bonchev–Trinajstić information content (AvgIpc) is 3.68. The lowest BCUT2D eigenvalue weighted by Crippen LogP contribution is -2.41. The predicted octanol–water partition coefficient (Wildman–Crippen LogP) is 5.54. The molecule has 2 amide bonds. The van der Waals surface area contributed by atoms with Crippen LogP contribution in [-0.4, -0.2) is 49.3 Å². The normalized spacial score (nSPS) is 13.3. The number of amides is 2. The molecule has 45 heavy (non-hydrogen) atoms. The van der Waals surface area contributed by atoms with Crippen molar-refractivity contribution in [1.82, 2.24) is 29.1 Å². The summed E-state index contributed by atoms with van der Waals surface area (Å²) in [5.74, 6) is -1.08. The van der Waals surface area contributed by atoms with Gasteiger partial charge in [0.15, 0.2) is 0 Å². The molecule has 0 saturated carbocycles. The van der Waals surface area contributed by atoms with Crippen molar-refractivity contribution in [2.45, 2.75) is 26.1 Å². The maximum atomic E-state index is 14.9. The van der Waals surface area contributed by atoms with Gasteiger partial charge in [0.2, 0.25) is 0 Å². The average molecular weight is 694 g/mol. The molecule has 1 aliphatic rings. The number of imidazole rings is 1. The van der Waals surface area contributed by atoms with E-state index < -0.39 is 23.5 Å². The van der Waals surface area contributed by atoms with Gasteiger partial charge in [-0.25, -0.2) is 13.9 Å². The lowest BCUT2D eigenvalue weighted by Gasteiger charge is -2.28.